The lowest BCUT2D eigenvalue weighted by atomic mass is 10.2. The summed E-state index contributed by atoms with van der Waals surface area (Å²) in [5.74, 6) is -0.348. The zero-order chi connectivity index (χ0) is 18.1. The van der Waals surface area contributed by atoms with Crippen molar-refractivity contribution < 1.29 is 28.0 Å². The summed E-state index contributed by atoms with van der Waals surface area (Å²) >= 11 is 0. The van der Waals surface area contributed by atoms with Gasteiger partial charge in [-0.25, -0.2) is 0 Å². The molecule has 1 saturated heterocycles. The fraction of sp³-hybridized carbons (Fsp3) is 0.471. The molecule has 138 valence electrons. The first-order valence-electron chi connectivity index (χ1n) is 8.49. The number of benzene rings is 1. The van der Waals surface area contributed by atoms with E-state index in [0.29, 0.717) is 18.8 Å². The molecule has 1 amide bonds. The minimum Gasteiger partial charge on any atom is -0.370 e. The minimum atomic E-state index is -3.60. The molecule has 1 aliphatic heterocycles. The molecule has 1 aromatic rings. The molecular formula is C17H26N2O5P+. The first-order chi connectivity index (χ1) is 12.1. The lowest BCUT2D eigenvalue weighted by Gasteiger charge is -2.24. The van der Waals surface area contributed by atoms with Crippen molar-refractivity contribution in [3.8, 4) is 0 Å². The number of ether oxygens (including phenoxy) is 1. The molecule has 0 aromatic heterocycles. The summed E-state index contributed by atoms with van der Waals surface area (Å²) in [6.45, 7) is 6.58. The second-order valence-corrected chi connectivity index (χ2v) is 7.45. The van der Waals surface area contributed by atoms with Crippen LogP contribution in [0.15, 0.2) is 42.0 Å². The van der Waals surface area contributed by atoms with Gasteiger partial charge in [0.25, 0.3) is 5.91 Å². The van der Waals surface area contributed by atoms with Crippen LogP contribution in [0.25, 0.3) is 0 Å². The maximum Gasteiger partial charge on any atom is 0.382 e. The smallest absolute Gasteiger partial charge is 0.370 e. The Bertz CT molecular complexity index is 619. The van der Waals surface area contributed by atoms with Gasteiger partial charge in [0.05, 0.1) is 26.4 Å². The van der Waals surface area contributed by atoms with Gasteiger partial charge in [0, 0.05) is 5.56 Å². The third-order valence-corrected chi connectivity index (χ3v) is 5.67. The quantitative estimate of drug-likeness (QED) is 0.678. The molecule has 7 nitrogen and oxygen atoms in total. The third kappa shape index (κ3) is 5.76. The van der Waals surface area contributed by atoms with Gasteiger partial charge in [0.15, 0.2) is 5.44 Å². The highest BCUT2D eigenvalue weighted by molar-refractivity contribution is 7.58. The van der Waals surface area contributed by atoms with Crippen LogP contribution in [0.1, 0.15) is 24.2 Å². The summed E-state index contributed by atoms with van der Waals surface area (Å²) in [5.41, 5.74) is 0.659. The molecule has 0 bridgehead atoms. The van der Waals surface area contributed by atoms with Gasteiger partial charge in [-0.05, 0) is 26.0 Å². The van der Waals surface area contributed by atoms with E-state index in [4.69, 9.17) is 13.8 Å². The Morgan fingerprint density at radius 1 is 1.20 bits per heavy atom. The third-order valence-electron chi connectivity index (χ3n) is 3.65. The SMILES string of the molecule is CCOP(=O)(OCC)C(=C[NH+]1CCOCC1)NC(=O)c1ccccc1. The van der Waals surface area contributed by atoms with Gasteiger partial charge in [-0.15, -0.1) is 0 Å². The summed E-state index contributed by atoms with van der Waals surface area (Å²) in [6.07, 6.45) is 1.73. The average molecular weight is 369 g/mol. The van der Waals surface area contributed by atoms with Crippen LogP contribution in [0, 0.1) is 0 Å². The van der Waals surface area contributed by atoms with E-state index in [1.54, 1.807) is 44.3 Å². The summed E-state index contributed by atoms with van der Waals surface area (Å²) in [7, 11) is -3.60. The van der Waals surface area contributed by atoms with Crippen molar-refractivity contribution in [2.75, 3.05) is 39.5 Å². The Balaban J connectivity index is 2.28. The number of hydrogen-bond acceptors (Lipinski definition) is 5. The highest BCUT2D eigenvalue weighted by atomic mass is 31.2. The second kappa shape index (κ2) is 9.85. The van der Waals surface area contributed by atoms with E-state index >= 15 is 0 Å². The van der Waals surface area contributed by atoms with E-state index in [1.165, 1.54) is 0 Å². The maximum absolute atomic E-state index is 13.2. The number of nitrogens with one attached hydrogen (secondary N) is 2. The summed E-state index contributed by atoms with van der Waals surface area (Å²) in [4.78, 5) is 13.6. The topological polar surface area (TPSA) is 78.3 Å². The van der Waals surface area contributed by atoms with Crippen molar-refractivity contribution in [3.05, 3.63) is 47.5 Å². The fourth-order valence-electron chi connectivity index (χ4n) is 2.45. The molecule has 1 aliphatic rings. The molecule has 2 rings (SSSR count). The Morgan fingerprint density at radius 3 is 2.36 bits per heavy atom. The van der Waals surface area contributed by atoms with E-state index in [0.717, 1.165) is 18.0 Å². The minimum absolute atomic E-state index is 0.182. The molecule has 0 saturated carbocycles. The Morgan fingerprint density at radius 2 is 1.80 bits per heavy atom. The lowest BCUT2D eigenvalue weighted by Crippen LogP contribution is -3.10. The normalized spacial score (nSPS) is 16.6. The molecule has 0 unspecified atom stereocenters. The lowest BCUT2D eigenvalue weighted by molar-refractivity contribution is -0.856. The van der Waals surface area contributed by atoms with Crippen LogP contribution in [0.4, 0.5) is 0 Å². The predicted molar refractivity (Wildman–Crippen MR) is 94.4 cm³/mol. The van der Waals surface area contributed by atoms with Gasteiger partial charge < -0.3 is 24.0 Å². The van der Waals surface area contributed by atoms with E-state index in [-0.39, 0.29) is 24.6 Å². The van der Waals surface area contributed by atoms with E-state index in [1.807, 2.05) is 6.07 Å². The molecule has 0 aliphatic carbocycles. The largest absolute Gasteiger partial charge is 0.382 e. The van der Waals surface area contributed by atoms with Crippen LogP contribution in [0.5, 0.6) is 0 Å². The van der Waals surface area contributed by atoms with Crippen LogP contribution < -0.4 is 10.2 Å². The van der Waals surface area contributed by atoms with Crippen molar-refractivity contribution in [1.82, 2.24) is 5.32 Å². The molecule has 1 heterocycles. The Labute approximate surface area is 148 Å². The number of hydrogen-bond donors (Lipinski definition) is 2. The molecule has 0 atom stereocenters. The summed E-state index contributed by atoms with van der Waals surface area (Å²) in [6, 6.07) is 8.77. The standard InChI is InChI=1S/C17H25N2O5P/c1-3-23-25(21,24-4-2)16(14-19-10-12-22-13-11-19)18-17(20)15-8-6-5-7-9-15/h5-9,14H,3-4,10-13H2,1-2H3,(H,18,20)/p+1. The molecule has 8 heteroatoms. The van der Waals surface area contributed by atoms with Gasteiger partial charge in [0.2, 0.25) is 0 Å². The number of quaternary nitrogens is 1. The van der Waals surface area contributed by atoms with E-state index < -0.39 is 7.60 Å². The summed E-state index contributed by atoms with van der Waals surface area (Å²) < 4.78 is 29.4. The first kappa shape index (κ1) is 19.8. The van der Waals surface area contributed by atoms with Gasteiger partial charge in [-0.3, -0.25) is 9.36 Å². The zero-order valence-electron chi connectivity index (χ0n) is 14.7. The monoisotopic (exact) mass is 369 g/mol. The Hall–Kier alpha value is -1.50. The molecule has 25 heavy (non-hydrogen) atoms. The molecule has 1 aromatic carbocycles. The van der Waals surface area contributed by atoms with Crippen LogP contribution in [0.2, 0.25) is 0 Å². The molecule has 1 fully saturated rings. The van der Waals surface area contributed by atoms with Crippen LogP contribution in [0.3, 0.4) is 0 Å². The van der Waals surface area contributed by atoms with Crippen molar-refractivity contribution in [1.29, 1.82) is 0 Å². The predicted octanol–water partition coefficient (Wildman–Crippen LogP) is 1.40. The molecule has 0 spiro atoms. The first-order valence-corrected chi connectivity index (χ1v) is 10.0. The zero-order valence-corrected chi connectivity index (χ0v) is 15.6. The number of amides is 1. The van der Waals surface area contributed by atoms with Crippen LogP contribution in [-0.4, -0.2) is 45.4 Å². The van der Waals surface area contributed by atoms with Gasteiger partial charge in [-0.2, -0.15) is 0 Å². The highest BCUT2D eigenvalue weighted by Gasteiger charge is 2.34. The van der Waals surface area contributed by atoms with Gasteiger partial charge in [-0.1, -0.05) is 18.2 Å². The molecule has 2 N–H and O–H groups in total. The van der Waals surface area contributed by atoms with Gasteiger partial charge >= 0.3 is 7.60 Å². The second-order valence-electron chi connectivity index (χ2n) is 5.45. The van der Waals surface area contributed by atoms with Crippen molar-refractivity contribution in [2.45, 2.75) is 13.8 Å². The van der Waals surface area contributed by atoms with Gasteiger partial charge in [0.1, 0.15) is 19.3 Å². The fourth-order valence-corrected chi connectivity index (χ4v) is 4.06. The number of carbonyl (C=O) groups is 1. The maximum atomic E-state index is 13.2. The molecular weight excluding hydrogens is 343 g/mol. The van der Waals surface area contributed by atoms with Crippen molar-refractivity contribution >= 4 is 13.5 Å². The Kier molecular flexibility index (Phi) is 7.81. The van der Waals surface area contributed by atoms with E-state index in [2.05, 4.69) is 5.32 Å². The highest BCUT2D eigenvalue weighted by Crippen LogP contribution is 2.54. The van der Waals surface area contributed by atoms with E-state index in [9.17, 15) is 9.36 Å². The number of morpholine rings is 1. The van der Waals surface area contributed by atoms with Crippen LogP contribution in [-0.2, 0) is 18.3 Å². The molecule has 0 radical (unpaired) electrons. The number of rotatable bonds is 8. The number of carbonyl (C=O) groups excluding carboxylic acids is 1. The summed E-state index contributed by atoms with van der Waals surface area (Å²) in [5, 5.41) is 2.74. The van der Waals surface area contributed by atoms with Crippen molar-refractivity contribution in [3.63, 3.8) is 0 Å². The average Bonchev–Trinajstić information content (AvgIpc) is 2.63. The van der Waals surface area contributed by atoms with Crippen molar-refractivity contribution in [2.24, 2.45) is 0 Å². The van der Waals surface area contributed by atoms with Crippen LogP contribution >= 0.6 is 7.60 Å².